The van der Waals surface area contributed by atoms with Gasteiger partial charge < -0.3 is 25.0 Å². The molecular weight excluding hydrogens is 346 g/mol. The third-order valence-corrected chi connectivity index (χ3v) is 0.487. The molecule has 8 heteroatoms. The minimum atomic E-state index is -2.09. The largest absolute Gasteiger partial charge is 1.00 e. The van der Waals surface area contributed by atoms with E-state index in [0.29, 0.717) is 0 Å². The quantitative estimate of drug-likeness (QED) is 0.182. The van der Waals surface area contributed by atoms with Crippen LogP contribution in [0.25, 0.3) is 0 Å². The molecule has 0 aromatic rings. The molecule has 0 rings (SSSR count). The molecule has 0 aliphatic rings. The number of carboxylic acid groups (broad SMARTS) is 2. The molecule has 0 aromatic heterocycles. The Balaban J connectivity index is -0.000000320. The van der Waals surface area contributed by atoms with Crippen molar-refractivity contribution in [2.45, 2.75) is 0 Å². The molecule has 0 saturated heterocycles. The summed E-state index contributed by atoms with van der Waals surface area (Å²) in [6.07, 6.45) is 0. The normalized spacial score (nSPS) is 6.55. The van der Waals surface area contributed by atoms with Crippen LogP contribution in [0.4, 0.5) is 0 Å². The fourth-order valence-corrected chi connectivity index (χ4v) is 0.165. The molecule has 0 aliphatic carbocycles. The van der Waals surface area contributed by atoms with Gasteiger partial charge in [0.05, 0.1) is 11.9 Å². The predicted molar refractivity (Wildman–Crippen MR) is 19.2 cm³/mol. The topological polar surface area (TPSA) is 113 Å². The number of rotatable bonds is 2. The molecule has 0 amide bonds. The predicted octanol–water partition coefficient (Wildman–Crippen LogP) is -3.69. The summed E-state index contributed by atoms with van der Waals surface area (Å²) < 4.78 is 0. The van der Waals surface area contributed by atoms with Crippen LogP contribution >= 0.6 is 0 Å². The first-order valence-electron chi connectivity index (χ1n) is 1.74. The first-order chi connectivity index (χ1) is 4.09. The molecule has 0 fully saturated rings. The molecule has 0 radical (unpaired) electrons. The van der Waals surface area contributed by atoms with Crippen molar-refractivity contribution in [3.05, 3.63) is 0 Å². The van der Waals surface area contributed by atoms with Crippen LogP contribution in [0.3, 0.4) is 0 Å². The van der Waals surface area contributed by atoms with E-state index in [9.17, 15) is 19.8 Å². The van der Waals surface area contributed by atoms with E-state index in [1.165, 1.54) is 0 Å². The molecular formula is C3HAg2NO5. The van der Waals surface area contributed by atoms with Gasteiger partial charge in [-0.1, -0.05) is 5.16 Å². The fourth-order valence-electron chi connectivity index (χ4n) is 0.165. The van der Waals surface area contributed by atoms with Gasteiger partial charge >= 0.3 is 44.8 Å². The molecule has 0 aromatic carbocycles. The SMILES string of the molecule is O=C([O-])C(=NO)C(=O)[O-].[Ag+].[Ag+]. The number of carboxylic acids is 2. The standard InChI is InChI=1S/C3H3NO5.2Ag/c5-2(6)1(4-9)3(7)8;;/h9H,(H,5,6)(H,7,8);;/q;2*+1/p-2. The van der Waals surface area contributed by atoms with Gasteiger partial charge in [0.2, 0.25) is 0 Å². The van der Waals surface area contributed by atoms with Crippen molar-refractivity contribution >= 4 is 17.7 Å². The van der Waals surface area contributed by atoms with Gasteiger partial charge in [-0.15, -0.1) is 0 Å². The average Bonchev–Trinajstić information content (AvgIpc) is 1.64. The number of aliphatic carboxylic acids is 2. The minimum absolute atomic E-state index is 0. The Hall–Kier alpha value is -0.109. The molecule has 1 N–H and O–H groups in total. The second-order valence-corrected chi connectivity index (χ2v) is 1.02. The zero-order valence-electron chi connectivity index (χ0n) is 4.63. The number of carbonyl (C=O) groups is 2. The molecule has 11 heavy (non-hydrogen) atoms. The average molecular weight is 347 g/mol. The maximum atomic E-state index is 9.55. The molecule has 0 saturated carbocycles. The Morgan fingerprint density at radius 3 is 1.36 bits per heavy atom. The Morgan fingerprint density at radius 1 is 1.09 bits per heavy atom. The van der Waals surface area contributed by atoms with Gasteiger partial charge in [-0.2, -0.15) is 0 Å². The first-order valence-corrected chi connectivity index (χ1v) is 1.74. The van der Waals surface area contributed by atoms with E-state index < -0.39 is 17.7 Å². The van der Waals surface area contributed by atoms with Crippen LogP contribution in [0.15, 0.2) is 5.16 Å². The van der Waals surface area contributed by atoms with Crippen LogP contribution in [0.5, 0.6) is 0 Å². The van der Waals surface area contributed by atoms with E-state index in [-0.39, 0.29) is 44.8 Å². The van der Waals surface area contributed by atoms with Crippen molar-refractivity contribution in [3.63, 3.8) is 0 Å². The van der Waals surface area contributed by atoms with Crippen molar-refractivity contribution in [1.29, 1.82) is 0 Å². The van der Waals surface area contributed by atoms with E-state index in [4.69, 9.17) is 5.21 Å². The van der Waals surface area contributed by atoms with Crippen molar-refractivity contribution < 1.29 is 69.8 Å². The van der Waals surface area contributed by atoms with E-state index >= 15 is 0 Å². The number of nitrogens with zero attached hydrogens (tertiary/aromatic N) is 1. The van der Waals surface area contributed by atoms with Gasteiger partial charge in [-0.05, 0) is 0 Å². The molecule has 6 nitrogen and oxygen atoms in total. The third-order valence-electron chi connectivity index (χ3n) is 0.487. The van der Waals surface area contributed by atoms with Crippen LogP contribution in [-0.2, 0) is 54.3 Å². The fraction of sp³-hybridized carbons (Fsp3) is 0. The van der Waals surface area contributed by atoms with Gasteiger partial charge in [0, 0.05) is 0 Å². The third kappa shape index (κ3) is 6.29. The Morgan fingerprint density at radius 2 is 1.36 bits per heavy atom. The molecule has 0 bridgehead atoms. The zero-order chi connectivity index (χ0) is 7.44. The van der Waals surface area contributed by atoms with Crippen molar-refractivity contribution in [1.82, 2.24) is 0 Å². The summed E-state index contributed by atoms with van der Waals surface area (Å²) in [7, 11) is 0. The number of hydrogen-bond donors (Lipinski definition) is 1. The van der Waals surface area contributed by atoms with Crippen molar-refractivity contribution in [2.24, 2.45) is 5.16 Å². The Kier molecular flexibility index (Phi) is 12.4. The Labute approximate surface area is 92.3 Å². The van der Waals surface area contributed by atoms with Gasteiger partial charge in [-0.3, -0.25) is 0 Å². The number of carbonyl (C=O) groups excluding carboxylic acids is 2. The minimum Gasteiger partial charge on any atom is -0.543 e. The van der Waals surface area contributed by atoms with E-state index in [2.05, 4.69) is 0 Å². The summed E-state index contributed by atoms with van der Waals surface area (Å²) in [4.78, 5) is 19.1. The first kappa shape index (κ1) is 17.1. The summed E-state index contributed by atoms with van der Waals surface area (Å²) in [6.45, 7) is 0. The summed E-state index contributed by atoms with van der Waals surface area (Å²) >= 11 is 0. The van der Waals surface area contributed by atoms with Crippen molar-refractivity contribution in [3.8, 4) is 0 Å². The summed E-state index contributed by atoms with van der Waals surface area (Å²) in [5.41, 5.74) is -1.52. The van der Waals surface area contributed by atoms with Gasteiger partial charge in [-0.25, -0.2) is 0 Å². The van der Waals surface area contributed by atoms with Crippen molar-refractivity contribution in [2.75, 3.05) is 0 Å². The summed E-state index contributed by atoms with van der Waals surface area (Å²) in [5.74, 6) is -4.17. The number of hydrogen-bond acceptors (Lipinski definition) is 6. The van der Waals surface area contributed by atoms with Crippen LogP contribution in [0, 0.1) is 0 Å². The van der Waals surface area contributed by atoms with Crippen LogP contribution in [-0.4, -0.2) is 22.9 Å². The zero-order valence-corrected chi connectivity index (χ0v) is 7.59. The molecule has 0 atom stereocenters. The van der Waals surface area contributed by atoms with Crippen LogP contribution in [0.2, 0.25) is 0 Å². The maximum absolute atomic E-state index is 9.55. The second-order valence-electron chi connectivity index (χ2n) is 1.02. The second kappa shape index (κ2) is 7.99. The summed E-state index contributed by atoms with van der Waals surface area (Å²) in [5, 5.41) is 28.6. The molecule has 0 unspecified atom stereocenters. The molecule has 0 spiro atoms. The molecule has 0 heterocycles. The van der Waals surface area contributed by atoms with Crippen LogP contribution < -0.4 is 10.2 Å². The molecule has 0 aliphatic heterocycles. The smallest absolute Gasteiger partial charge is 0.543 e. The van der Waals surface area contributed by atoms with Gasteiger partial charge in [0.25, 0.3) is 0 Å². The van der Waals surface area contributed by atoms with Crippen LogP contribution in [0.1, 0.15) is 0 Å². The van der Waals surface area contributed by atoms with E-state index in [1.807, 2.05) is 5.16 Å². The monoisotopic (exact) mass is 345 g/mol. The van der Waals surface area contributed by atoms with Gasteiger partial charge in [0.1, 0.15) is 5.71 Å². The van der Waals surface area contributed by atoms with Gasteiger partial charge in [0.15, 0.2) is 0 Å². The molecule has 70 valence electrons. The summed E-state index contributed by atoms with van der Waals surface area (Å²) in [6, 6.07) is 0. The van der Waals surface area contributed by atoms with E-state index in [1.54, 1.807) is 0 Å². The maximum Gasteiger partial charge on any atom is 1.00 e. The Bertz CT molecular complexity index is 163. The number of oxime groups is 1. The van der Waals surface area contributed by atoms with E-state index in [0.717, 1.165) is 0 Å².